The van der Waals surface area contributed by atoms with Gasteiger partial charge < -0.3 is 4.98 Å². The quantitative estimate of drug-likeness (QED) is 0.648. The van der Waals surface area contributed by atoms with Crippen molar-refractivity contribution in [3.8, 4) is 11.3 Å². The highest BCUT2D eigenvalue weighted by Gasteiger charge is 2.12. The van der Waals surface area contributed by atoms with Crippen LogP contribution in [-0.2, 0) is 0 Å². The van der Waals surface area contributed by atoms with Crippen molar-refractivity contribution in [2.75, 3.05) is 0 Å². The minimum atomic E-state index is -0.203. The molecule has 3 aromatic rings. The number of aromatic amines is 1. The summed E-state index contributed by atoms with van der Waals surface area (Å²) in [6.07, 6.45) is 0. The topological polar surface area (TPSA) is 15.8 Å². The summed E-state index contributed by atoms with van der Waals surface area (Å²) in [5, 5.41) is 1.11. The van der Waals surface area contributed by atoms with Crippen LogP contribution < -0.4 is 0 Å². The molecule has 0 bridgehead atoms. The summed E-state index contributed by atoms with van der Waals surface area (Å²) in [7, 11) is 0. The van der Waals surface area contributed by atoms with Gasteiger partial charge in [0, 0.05) is 20.9 Å². The van der Waals surface area contributed by atoms with Gasteiger partial charge in [-0.2, -0.15) is 0 Å². The van der Waals surface area contributed by atoms with Crippen LogP contribution in [-0.4, -0.2) is 4.98 Å². The SMILES string of the molecule is Cc1c(-c2ccccc2F)[nH]c2ccc(Br)cc12. The van der Waals surface area contributed by atoms with Gasteiger partial charge in [0.25, 0.3) is 0 Å². The molecule has 1 aromatic heterocycles. The number of H-pyrrole nitrogens is 1. The first-order valence-corrected chi connectivity index (χ1v) is 6.49. The Morgan fingerprint density at radius 1 is 1.11 bits per heavy atom. The molecule has 0 saturated carbocycles. The Labute approximate surface area is 113 Å². The Bertz CT molecular complexity index is 730. The van der Waals surface area contributed by atoms with E-state index in [4.69, 9.17) is 0 Å². The molecule has 0 unspecified atom stereocenters. The van der Waals surface area contributed by atoms with Gasteiger partial charge in [0.15, 0.2) is 0 Å². The van der Waals surface area contributed by atoms with Gasteiger partial charge in [0.05, 0.1) is 5.69 Å². The number of benzene rings is 2. The van der Waals surface area contributed by atoms with E-state index in [2.05, 4.69) is 20.9 Å². The van der Waals surface area contributed by atoms with Gasteiger partial charge in [-0.25, -0.2) is 4.39 Å². The van der Waals surface area contributed by atoms with Crippen LogP contribution in [0, 0.1) is 12.7 Å². The minimum absolute atomic E-state index is 0.203. The van der Waals surface area contributed by atoms with Gasteiger partial charge in [-0.3, -0.25) is 0 Å². The third-order valence-electron chi connectivity index (χ3n) is 3.16. The van der Waals surface area contributed by atoms with E-state index in [1.165, 1.54) is 6.07 Å². The molecule has 1 nitrogen and oxygen atoms in total. The Morgan fingerprint density at radius 3 is 2.67 bits per heavy atom. The molecule has 0 atom stereocenters. The smallest absolute Gasteiger partial charge is 0.132 e. The van der Waals surface area contributed by atoms with Crippen LogP contribution in [0.15, 0.2) is 46.9 Å². The average molecular weight is 304 g/mol. The lowest BCUT2D eigenvalue weighted by atomic mass is 10.1. The van der Waals surface area contributed by atoms with E-state index in [0.717, 1.165) is 26.6 Å². The highest BCUT2D eigenvalue weighted by Crippen LogP contribution is 2.32. The number of fused-ring (bicyclic) bond motifs is 1. The highest BCUT2D eigenvalue weighted by molar-refractivity contribution is 9.10. The van der Waals surface area contributed by atoms with E-state index in [-0.39, 0.29) is 5.82 Å². The number of nitrogens with one attached hydrogen (secondary N) is 1. The second kappa shape index (κ2) is 4.25. The van der Waals surface area contributed by atoms with E-state index in [1.807, 2.05) is 31.2 Å². The van der Waals surface area contributed by atoms with Crippen molar-refractivity contribution in [1.82, 2.24) is 4.98 Å². The lowest BCUT2D eigenvalue weighted by Crippen LogP contribution is -1.85. The summed E-state index contributed by atoms with van der Waals surface area (Å²) in [6, 6.07) is 12.8. The number of rotatable bonds is 1. The standard InChI is InChI=1S/C15H11BrFN/c1-9-12-8-10(16)6-7-14(12)18-15(9)11-4-2-3-5-13(11)17/h2-8,18H,1H3. The molecule has 0 aliphatic carbocycles. The highest BCUT2D eigenvalue weighted by atomic mass is 79.9. The van der Waals surface area contributed by atoms with Gasteiger partial charge in [0.2, 0.25) is 0 Å². The van der Waals surface area contributed by atoms with Crippen molar-refractivity contribution in [2.24, 2.45) is 0 Å². The zero-order valence-corrected chi connectivity index (χ0v) is 11.4. The molecule has 0 saturated heterocycles. The Kier molecular flexibility index (Phi) is 2.71. The van der Waals surface area contributed by atoms with Gasteiger partial charge >= 0.3 is 0 Å². The summed E-state index contributed by atoms with van der Waals surface area (Å²) in [4.78, 5) is 3.29. The molecule has 1 N–H and O–H groups in total. The number of hydrogen-bond acceptors (Lipinski definition) is 0. The van der Waals surface area contributed by atoms with Crippen LogP contribution in [0.4, 0.5) is 4.39 Å². The predicted octanol–water partition coefficient (Wildman–Crippen LogP) is 5.04. The third-order valence-corrected chi connectivity index (χ3v) is 3.66. The van der Waals surface area contributed by atoms with Crippen LogP contribution in [0.1, 0.15) is 5.56 Å². The first kappa shape index (κ1) is 11.5. The molecule has 0 amide bonds. The van der Waals surface area contributed by atoms with Crippen molar-refractivity contribution in [3.63, 3.8) is 0 Å². The molecule has 0 aliphatic heterocycles. The minimum Gasteiger partial charge on any atom is -0.354 e. The maximum atomic E-state index is 13.8. The van der Waals surface area contributed by atoms with Crippen molar-refractivity contribution >= 4 is 26.8 Å². The average Bonchev–Trinajstić information content (AvgIpc) is 2.68. The van der Waals surface area contributed by atoms with E-state index in [1.54, 1.807) is 12.1 Å². The molecule has 0 spiro atoms. The second-order valence-corrected chi connectivity index (χ2v) is 5.21. The molecule has 90 valence electrons. The molecule has 0 aliphatic rings. The van der Waals surface area contributed by atoms with Gasteiger partial charge in [-0.05, 0) is 42.8 Å². The van der Waals surface area contributed by atoms with E-state index in [0.29, 0.717) is 5.56 Å². The van der Waals surface area contributed by atoms with E-state index < -0.39 is 0 Å². The summed E-state index contributed by atoms with van der Waals surface area (Å²) in [5.74, 6) is -0.203. The zero-order chi connectivity index (χ0) is 12.7. The van der Waals surface area contributed by atoms with Crippen molar-refractivity contribution < 1.29 is 4.39 Å². The fourth-order valence-electron chi connectivity index (χ4n) is 2.23. The fraction of sp³-hybridized carbons (Fsp3) is 0.0667. The number of halogens is 2. The lowest BCUT2D eigenvalue weighted by Gasteiger charge is -2.01. The Balaban J connectivity index is 2.31. The number of aromatic nitrogens is 1. The first-order valence-electron chi connectivity index (χ1n) is 5.69. The molecule has 3 rings (SSSR count). The Hall–Kier alpha value is -1.61. The van der Waals surface area contributed by atoms with Gasteiger partial charge in [0.1, 0.15) is 5.82 Å². The molecule has 2 aromatic carbocycles. The van der Waals surface area contributed by atoms with Crippen LogP contribution >= 0.6 is 15.9 Å². The van der Waals surface area contributed by atoms with Crippen LogP contribution in [0.5, 0.6) is 0 Å². The number of aryl methyl sites for hydroxylation is 1. The zero-order valence-electron chi connectivity index (χ0n) is 9.80. The van der Waals surface area contributed by atoms with Gasteiger partial charge in [-0.1, -0.05) is 28.1 Å². The van der Waals surface area contributed by atoms with Crippen LogP contribution in [0.2, 0.25) is 0 Å². The monoisotopic (exact) mass is 303 g/mol. The summed E-state index contributed by atoms with van der Waals surface area (Å²) < 4.78 is 14.9. The van der Waals surface area contributed by atoms with Crippen molar-refractivity contribution in [3.05, 3.63) is 58.3 Å². The predicted molar refractivity (Wildman–Crippen MR) is 76.1 cm³/mol. The molecule has 18 heavy (non-hydrogen) atoms. The molecule has 0 fully saturated rings. The maximum absolute atomic E-state index is 13.8. The maximum Gasteiger partial charge on any atom is 0.132 e. The lowest BCUT2D eigenvalue weighted by molar-refractivity contribution is 0.631. The van der Waals surface area contributed by atoms with Crippen LogP contribution in [0.3, 0.4) is 0 Å². The molecule has 0 radical (unpaired) electrons. The fourth-order valence-corrected chi connectivity index (χ4v) is 2.59. The van der Waals surface area contributed by atoms with Gasteiger partial charge in [-0.15, -0.1) is 0 Å². The van der Waals surface area contributed by atoms with Crippen molar-refractivity contribution in [1.29, 1.82) is 0 Å². The largest absolute Gasteiger partial charge is 0.354 e. The normalized spacial score (nSPS) is 11.1. The molecule has 3 heteroatoms. The summed E-state index contributed by atoms with van der Waals surface area (Å²) in [6.45, 7) is 2.01. The van der Waals surface area contributed by atoms with E-state index in [9.17, 15) is 4.39 Å². The van der Waals surface area contributed by atoms with E-state index >= 15 is 0 Å². The number of hydrogen-bond donors (Lipinski definition) is 1. The molecular weight excluding hydrogens is 293 g/mol. The summed E-state index contributed by atoms with van der Waals surface area (Å²) >= 11 is 3.46. The summed E-state index contributed by atoms with van der Waals surface area (Å²) in [5.41, 5.74) is 3.55. The molecule has 1 heterocycles. The van der Waals surface area contributed by atoms with Crippen molar-refractivity contribution in [2.45, 2.75) is 6.92 Å². The van der Waals surface area contributed by atoms with Crippen LogP contribution in [0.25, 0.3) is 22.2 Å². The first-order chi connectivity index (χ1) is 8.66. The Morgan fingerprint density at radius 2 is 1.89 bits per heavy atom. The molecular formula is C15H11BrFN. The third kappa shape index (κ3) is 1.75. The second-order valence-electron chi connectivity index (χ2n) is 4.29.